The Morgan fingerprint density at radius 3 is 2.55 bits per heavy atom. The van der Waals surface area contributed by atoms with E-state index in [0.717, 1.165) is 17.7 Å². The number of likely N-dealkylation sites (N-methyl/N-ethyl adjacent to an activating group) is 1. The Kier molecular flexibility index (Phi) is 4.97. The summed E-state index contributed by atoms with van der Waals surface area (Å²) < 4.78 is 27.1. The highest BCUT2D eigenvalue weighted by Crippen LogP contribution is 2.27. The molecule has 1 unspecified atom stereocenters. The molecule has 1 N–H and O–H groups in total. The Hall–Kier alpha value is -1.16. The number of rotatable bonds is 4. The van der Waals surface area contributed by atoms with Crippen molar-refractivity contribution in [2.45, 2.75) is 12.5 Å². The first-order valence-corrected chi connectivity index (χ1v) is 6.83. The summed E-state index contributed by atoms with van der Waals surface area (Å²) in [5.41, 5.74) is 1.05. The normalized spacial score (nSPS) is 12.4. The lowest BCUT2D eigenvalue weighted by atomic mass is 9.98. The molecule has 2 aromatic carbocycles. The van der Waals surface area contributed by atoms with Crippen LogP contribution < -0.4 is 5.32 Å². The zero-order valence-electron chi connectivity index (χ0n) is 10.8. The van der Waals surface area contributed by atoms with Gasteiger partial charge in [-0.15, -0.1) is 0 Å². The van der Waals surface area contributed by atoms with Crippen molar-refractivity contribution in [1.82, 2.24) is 5.32 Å². The van der Waals surface area contributed by atoms with Crippen molar-refractivity contribution in [2.24, 2.45) is 0 Å². The Bertz CT molecular complexity index is 617. The average molecular weight is 316 g/mol. The fourth-order valence-corrected chi connectivity index (χ4v) is 2.46. The van der Waals surface area contributed by atoms with Crippen LogP contribution in [0.3, 0.4) is 0 Å². The van der Waals surface area contributed by atoms with Gasteiger partial charge in [-0.25, -0.2) is 8.78 Å². The number of halogens is 4. The van der Waals surface area contributed by atoms with Gasteiger partial charge in [0.05, 0.1) is 0 Å². The second-order valence-corrected chi connectivity index (χ2v) is 5.29. The number of hydrogen-bond donors (Lipinski definition) is 1. The van der Waals surface area contributed by atoms with Crippen molar-refractivity contribution in [3.8, 4) is 0 Å². The van der Waals surface area contributed by atoms with Crippen LogP contribution in [0.5, 0.6) is 0 Å². The molecule has 0 amide bonds. The quantitative estimate of drug-likeness (QED) is 0.856. The minimum atomic E-state index is -0.473. The SMILES string of the molecule is CNC(Cc1cc(Cl)ccc1Cl)c1cc(F)ccc1F. The highest BCUT2D eigenvalue weighted by Gasteiger charge is 2.17. The summed E-state index contributed by atoms with van der Waals surface area (Å²) in [6.45, 7) is 0. The third-order valence-electron chi connectivity index (χ3n) is 3.11. The minimum absolute atomic E-state index is 0.267. The summed E-state index contributed by atoms with van der Waals surface area (Å²) in [5, 5.41) is 4.08. The van der Waals surface area contributed by atoms with E-state index in [1.165, 1.54) is 6.07 Å². The molecule has 2 aromatic rings. The third kappa shape index (κ3) is 3.48. The smallest absolute Gasteiger partial charge is 0.128 e. The van der Waals surface area contributed by atoms with E-state index in [1.807, 2.05) is 0 Å². The van der Waals surface area contributed by atoms with Gasteiger partial charge < -0.3 is 5.32 Å². The van der Waals surface area contributed by atoms with E-state index < -0.39 is 11.6 Å². The van der Waals surface area contributed by atoms with Crippen molar-refractivity contribution in [3.63, 3.8) is 0 Å². The molecule has 0 aliphatic rings. The largest absolute Gasteiger partial charge is 0.313 e. The van der Waals surface area contributed by atoms with E-state index >= 15 is 0 Å². The van der Waals surface area contributed by atoms with Crippen LogP contribution >= 0.6 is 23.2 Å². The van der Waals surface area contributed by atoms with Crippen molar-refractivity contribution in [1.29, 1.82) is 0 Å². The molecule has 0 bridgehead atoms. The molecule has 0 aliphatic heterocycles. The fourth-order valence-electron chi connectivity index (χ4n) is 2.07. The molecule has 0 saturated heterocycles. The lowest BCUT2D eigenvalue weighted by Gasteiger charge is -2.18. The van der Waals surface area contributed by atoms with Gasteiger partial charge in [0.15, 0.2) is 0 Å². The van der Waals surface area contributed by atoms with Crippen LogP contribution in [0, 0.1) is 11.6 Å². The molecule has 2 rings (SSSR count). The molecule has 0 fully saturated rings. The van der Waals surface area contributed by atoms with E-state index in [9.17, 15) is 8.78 Å². The van der Waals surface area contributed by atoms with Gasteiger partial charge >= 0.3 is 0 Å². The average Bonchev–Trinajstić information content (AvgIpc) is 2.42. The lowest BCUT2D eigenvalue weighted by Crippen LogP contribution is -2.20. The predicted octanol–water partition coefficient (Wildman–Crippen LogP) is 4.77. The van der Waals surface area contributed by atoms with Gasteiger partial charge in [-0.1, -0.05) is 23.2 Å². The number of nitrogens with one attached hydrogen (secondary N) is 1. The van der Waals surface area contributed by atoms with E-state index in [-0.39, 0.29) is 11.6 Å². The van der Waals surface area contributed by atoms with Gasteiger partial charge in [0.1, 0.15) is 11.6 Å². The first-order chi connectivity index (χ1) is 9.51. The topological polar surface area (TPSA) is 12.0 Å². The Morgan fingerprint density at radius 2 is 1.85 bits per heavy atom. The standard InChI is InChI=1S/C15H13Cl2F2N/c1-20-15(12-8-11(18)3-5-14(12)19)7-9-6-10(16)2-4-13(9)17/h2-6,8,15,20H,7H2,1H3. The van der Waals surface area contributed by atoms with E-state index in [4.69, 9.17) is 23.2 Å². The van der Waals surface area contributed by atoms with Crippen molar-refractivity contribution < 1.29 is 8.78 Å². The van der Waals surface area contributed by atoms with E-state index in [2.05, 4.69) is 5.32 Å². The van der Waals surface area contributed by atoms with E-state index in [1.54, 1.807) is 25.2 Å². The molecule has 1 nitrogen and oxygen atoms in total. The van der Waals surface area contributed by atoms with Crippen LogP contribution in [-0.2, 0) is 6.42 Å². The second-order valence-electron chi connectivity index (χ2n) is 4.45. The van der Waals surface area contributed by atoms with Gasteiger partial charge in [-0.05, 0) is 55.4 Å². The number of benzene rings is 2. The van der Waals surface area contributed by atoms with Crippen molar-refractivity contribution >= 4 is 23.2 Å². The molecule has 1 atom stereocenters. The predicted molar refractivity (Wildman–Crippen MR) is 78.3 cm³/mol. The molecular weight excluding hydrogens is 303 g/mol. The highest BCUT2D eigenvalue weighted by molar-refractivity contribution is 6.33. The summed E-state index contributed by atoms with van der Waals surface area (Å²) >= 11 is 12.0. The van der Waals surface area contributed by atoms with Gasteiger partial charge in [0, 0.05) is 21.7 Å². The summed E-state index contributed by atoms with van der Waals surface area (Å²) in [6, 6.07) is 8.12. The molecule has 0 saturated carbocycles. The molecule has 5 heteroatoms. The van der Waals surface area contributed by atoms with Crippen LogP contribution in [0.25, 0.3) is 0 Å². The monoisotopic (exact) mass is 315 g/mol. The maximum absolute atomic E-state index is 13.8. The molecule has 0 heterocycles. The van der Waals surface area contributed by atoms with Gasteiger partial charge in [-0.2, -0.15) is 0 Å². The Morgan fingerprint density at radius 1 is 1.10 bits per heavy atom. The summed E-state index contributed by atoms with van der Waals surface area (Å²) in [5.74, 6) is -0.928. The summed E-state index contributed by atoms with van der Waals surface area (Å²) in [6.07, 6.45) is 0.413. The molecule has 0 spiro atoms. The van der Waals surface area contributed by atoms with Crippen LogP contribution in [0.1, 0.15) is 17.2 Å². The lowest BCUT2D eigenvalue weighted by molar-refractivity contribution is 0.523. The highest BCUT2D eigenvalue weighted by atomic mass is 35.5. The minimum Gasteiger partial charge on any atom is -0.313 e. The summed E-state index contributed by atoms with van der Waals surface area (Å²) in [7, 11) is 1.69. The van der Waals surface area contributed by atoms with Crippen molar-refractivity contribution in [3.05, 3.63) is 69.2 Å². The first-order valence-electron chi connectivity index (χ1n) is 6.07. The molecule has 106 valence electrons. The molecule has 20 heavy (non-hydrogen) atoms. The van der Waals surface area contributed by atoms with Gasteiger partial charge in [0.2, 0.25) is 0 Å². The Balaban J connectivity index is 2.33. The van der Waals surface area contributed by atoms with Crippen LogP contribution in [0.15, 0.2) is 36.4 Å². The van der Waals surface area contributed by atoms with Crippen molar-refractivity contribution in [2.75, 3.05) is 7.05 Å². The van der Waals surface area contributed by atoms with Crippen LogP contribution in [0.2, 0.25) is 10.0 Å². The molecule has 0 radical (unpaired) electrons. The van der Waals surface area contributed by atoms with Crippen LogP contribution in [-0.4, -0.2) is 7.05 Å². The van der Waals surface area contributed by atoms with Crippen LogP contribution in [0.4, 0.5) is 8.78 Å². The molecule has 0 aromatic heterocycles. The van der Waals surface area contributed by atoms with Gasteiger partial charge in [-0.3, -0.25) is 0 Å². The maximum Gasteiger partial charge on any atom is 0.128 e. The Labute approximate surface area is 126 Å². The number of hydrogen-bond acceptors (Lipinski definition) is 1. The maximum atomic E-state index is 13.8. The van der Waals surface area contributed by atoms with E-state index in [0.29, 0.717) is 16.5 Å². The first kappa shape index (κ1) is 15.2. The fraction of sp³-hybridized carbons (Fsp3) is 0.200. The second kappa shape index (κ2) is 6.53. The molecular formula is C15H13Cl2F2N. The summed E-state index contributed by atoms with van der Waals surface area (Å²) in [4.78, 5) is 0. The van der Waals surface area contributed by atoms with Gasteiger partial charge in [0.25, 0.3) is 0 Å². The third-order valence-corrected chi connectivity index (χ3v) is 3.72. The molecule has 0 aliphatic carbocycles. The zero-order chi connectivity index (χ0) is 14.7. The zero-order valence-corrected chi connectivity index (χ0v) is 12.3.